The largest absolute Gasteiger partial charge is 0.463 e. The highest BCUT2D eigenvalue weighted by molar-refractivity contribution is 5.86. The standard InChI is InChI=1S/C32H41FN2O5/c1-4-6-13-28(20-25-14-16-29(33)17-15-25)32(39)40-23-24(3)34-31(38)27(10-5-2)21-30(37)35(18-19-36)22-26-11-8-7-9-12-26/h4-5,7-9,11-12,14-17,24,27-28,36H,1-2,6,10,13,18-23H2,3H3,(H,34,38)/t24-,27-,28+/m1/s1. The van der Waals surface area contributed by atoms with Gasteiger partial charge < -0.3 is 20.1 Å². The third kappa shape index (κ3) is 11.5. The Balaban J connectivity index is 1.94. The predicted octanol–water partition coefficient (Wildman–Crippen LogP) is 4.60. The molecular formula is C32H41FN2O5. The van der Waals surface area contributed by atoms with Gasteiger partial charge in [0.05, 0.1) is 24.5 Å². The summed E-state index contributed by atoms with van der Waals surface area (Å²) in [5.74, 6) is -2.41. The van der Waals surface area contributed by atoms with Crippen LogP contribution in [0.25, 0.3) is 0 Å². The maximum Gasteiger partial charge on any atom is 0.309 e. The summed E-state index contributed by atoms with van der Waals surface area (Å²) in [5, 5.41) is 12.3. The minimum Gasteiger partial charge on any atom is -0.463 e. The molecule has 40 heavy (non-hydrogen) atoms. The molecule has 0 saturated heterocycles. The zero-order valence-electron chi connectivity index (χ0n) is 23.3. The van der Waals surface area contributed by atoms with Crippen molar-refractivity contribution < 1.29 is 28.6 Å². The van der Waals surface area contributed by atoms with Crippen LogP contribution in [0.15, 0.2) is 79.9 Å². The van der Waals surface area contributed by atoms with Crippen LogP contribution in [0.3, 0.4) is 0 Å². The first-order valence-electron chi connectivity index (χ1n) is 13.6. The fourth-order valence-electron chi connectivity index (χ4n) is 4.30. The Morgan fingerprint density at radius 3 is 2.35 bits per heavy atom. The third-order valence-corrected chi connectivity index (χ3v) is 6.49. The minimum atomic E-state index is -0.654. The van der Waals surface area contributed by atoms with E-state index in [4.69, 9.17) is 4.74 Å². The van der Waals surface area contributed by atoms with Crippen molar-refractivity contribution in [3.8, 4) is 0 Å². The number of nitrogens with zero attached hydrogens (tertiary/aromatic N) is 1. The molecule has 0 saturated carbocycles. The van der Waals surface area contributed by atoms with Gasteiger partial charge in [-0.1, -0.05) is 54.6 Å². The lowest BCUT2D eigenvalue weighted by Gasteiger charge is -2.25. The van der Waals surface area contributed by atoms with Crippen LogP contribution >= 0.6 is 0 Å². The molecule has 216 valence electrons. The second-order valence-corrected chi connectivity index (χ2v) is 9.88. The molecule has 0 bridgehead atoms. The van der Waals surface area contributed by atoms with Gasteiger partial charge in [0.1, 0.15) is 12.4 Å². The summed E-state index contributed by atoms with van der Waals surface area (Å²) in [6.45, 7) is 9.44. The van der Waals surface area contributed by atoms with Crippen LogP contribution in [0.1, 0.15) is 43.7 Å². The molecule has 0 aliphatic heterocycles. The second-order valence-electron chi connectivity index (χ2n) is 9.88. The van der Waals surface area contributed by atoms with Gasteiger partial charge in [-0.15, -0.1) is 13.2 Å². The number of hydrogen-bond acceptors (Lipinski definition) is 5. The number of rotatable bonds is 18. The highest BCUT2D eigenvalue weighted by Gasteiger charge is 2.26. The number of carbonyl (C=O) groups excluding carboxylic acids is 3. The summed E-state index contributed by atoms with van der Waals surface area (Å²) in [7, 11) is 0. The van der Waals surface area contributed by atoms with Crippen LogP contribution in [0.4, 0.5) is 4.39 Å². The number of halogens is 1. The van der Waals surface area contributed by atoms with Gasteiger partial charge in [0.25, 0.3) is 0 Å². The Bertz CT molecular complexity index is 1090. The maximum atomic E-state index is 13.3. The second kappa shape index (κ2) is 17.7. The van der Waals surface area contributed by atoms with Crippen molar-refractivity contribution in [3.63, 3.8) is 0 Å². The number of allylic oxidation sites excluding steroid dienone is 2. The van der Waals surface area contributed by atoms with Gasteiger partial charge in [0.15, 0.2) is 0 Å². The summed E-state index contributed by atoms with van der Waals surface area (Å²) in [6, 6.07) is 15.0. The molecule has 2 aromatic carbocycles. The van der Waals surface area contributed by atoms with Crippen molar-refractivity contribution in [1.82, 2.24) is 10.2 Å². The molecule has 0 aromatic heterocycles. The van der Waals surface area contributed by atoms with Crippen LogP contribution in [0, 0.1) is 17.7 Å². The van der Waals surface area contributed by atoms with Crippen molar-refractivity contribution in [1.29, 1.82) is 0 Å². The van der Waals surface area contributed by atoms with E-state index < -0.39 is 23.8 Å². The van der Waals surface area contributed by atoms with Crippen molar-refractivity contribution in [3.05, 3.63) is 96.9 Å². The van der Waals surface area contributed by atoms with Gasteiger partial charge in [-0.25, -0.2) is 4.39 Å². The number of hydrogen-bond donors (Lipinski definition) is 2. The highest BCUT2D eigenvalue weighted by atomic mass is 19.1. The molecule has 0 radical (unpaired) electrons. The van der Waals surface area contributed by atoms with Gasteiger partial charge in [-0.3, -0.25) is 14.4 Å². The van der Waals surface area contributed by atoms with Crippen molar-refractivity contribution in [2.75, 3.05) is 19.8 Å². The highest BCUT2D eigenvalue weighted by Crippen LogP contribution is 2.18. The molecule has 0 fully saturated rings. The Kier molecular flexibility index (Phi) is 14.4. The monoisotopic (exact) mass is 552 g/mol. The summed E-state index contributed by atoms with van der Waals surface area (Å²) in [4.78, 5) is 40.5. The first-order valence-corrected chi connectivity index (χ1v) is 13.6. The fraction of sp³-hybridized carbons (Fsp3) is 0.406. The van der Waals surface area contributed by atoms with Gasteiger partial charge in [-0.05, 0) is 55.9 Å². The maximum absolute atomic E-state index is 13.3. The fourth-order valence-corrected chi connectivity index (χ4v) is 4.30. The van der Waals surface area contributed by atoms with Gasteiger partial charge in [-0.2, -0.15) is 0 Å². The number of nitrogens with one attached hydrogen (secondary N) is 1. The Morgan fingerprint density at radius 2 is 1.73 bits per heavy atom. The number of ether oxygens (including phenoxy) is 1. The van der Waals surface area contributed by atoms with Crippen LogP contribution in [0.2, 0.25) is 0 Å². The van der Waals surface area contributed by atoms with Crippen LogP contribution in [-0.4, -0.2) is 53.6 Å². The van der Waals surface area contributed by atoms with Gasteiger partial charge in [0.2, 0.25) is 11.8 Å². The molecule has 3 atom stereocenters. The summed E-state index contributed by atoms with van der Waals surface area (Å²) in [6.07, 6.45) is 5.15. The first kappa shape index (κ1) is 32.4. The number of carbonyl (C=O) groups is 3. The van der Waals surface area contributed by atoms with Crippen molar-refractivity contribution in [2.45, 2.75) is 51.6 Å². The molecule has 0 unspecified atom stereocenters. The SMILES string of the molecule is C=CCC[C@@H](Cc1ccc(F)cc1)C(=O)OC[C@@H](C)NC(=O)[C@H](CC=C)CC(=O)N(CCO)Cc1ccccc1. The minimum absolute atomic E-state index is 0.0298. The van der Waals surface area contributed by atoms with E-state index in [1.807, 2.05) is 30.3 Å². The average molecular weight is 553 g/mol. The molecule has 0 aliphatic carbocycles. The van der Waals surface area contributed by atoms with E-state index in [1.54, 1.807) is 31.2 Å². The van der Waals surface area contributed by atoms with Crippen LogP contribution in [-0.2, 0) is 32.1 Å². The van der Waals surface area contributed by atoms with E-state index in [0.29, 0.717) is 32.2 Å². The molecule has 2 rings (SSSR count). The number of amides is 2. The average Bonchev–Trinajstić information content (AvgIpc) is 2.95. The number of aliphatic hydroxyl groups excluding tert-OH is 1. The summed E-state index contributed by atoms with van der Waals surface area (Å²) in [5.41, 5.74) is 1.75. The molecule has 2 aromatic rings. The summed E-state index contributed by atoms with van der Waals surface area (Å²) >= 11 is 0. The van der Waals surface area contributed by atoms with Gasteiger partial charge >= 0.3 is 5.97 Å². The quantitative estimate of drug-likeness (QED) is 0.208. The van der Waals surface area contributed by atoms with E-state index in [1.165, 1.54) is 17.0 Å². The van der Waals surface area contributed by atoms with E-state index in [2.05, 4.69) is 18.5 Å². The molecular weight excluding hydrogens is 511 g/mol. The van der Waals surface area contributed by atoms with Crippen molar-refractivity contribution in [2.24, 2.45) is 11.8 Å². The lowest BCUT2D eigenvalue weighted by Crippen LogP contribution is -2.42. The smallest absolute Gasteiger partial charge is 0.309 e. The van der Waals surface area contributed by atoms with E-state index >= 15 is 0 Å². The van der Waals surface area contributed by atoms with Crippen molar-refractivity contribution >= 4 is 17.8 Å². The Morgan fingerprint density at radius 1 is 1.02 bits per heavy atom. The number of benzene rings is 2. The summed E-state index contributed by atoms with van der Waals surface area (Å²) < 4.78 is 18.8. The molecule has 2 N–H and O–H groups in total. The number of aliphatic hydroxyl groups is 1. The van der Waals surface area contributed by atoms with E-state index in [-0.39, 0.29) is 43.8 Å². The van der Waals surface area contributed by atoms with E-state index in [0.717, 1.165) is 11.1 Å². The molecule has 0 heterocycles. The topological polar surface area (TPSA) is 95.9 Å². The van der Waals surface area contributed by atoms with Crippen LogP contribution < -0.4 is 5.32 Å². The molecule has 2 amide bonds. The third-order valence-electron chi connectivity index (χ3n) is 6.49. The predicted molar refractivity (Wildman–Crippen MR) is 153 cm³/mol. The lowest BCUT2D eigenvalue weighted by atomic mass is 9.95. The van der Waals surface area contributed by atoms with Crippen LogP contribution in [0.5, 0.6) is 0 Å². The molecule has 0 aliphatic rings. The zero-order chi connectivity index (χ0) is 29.3. The number of esters is 1. The van der Waals surface area contributed by atoms with E-state index in [9.17, 15) is 23.9 Å². The van der Waals surface area contributed by atoms with Gasteiger partial charge in [0, 0.05) is 19.5 Å². The Hall–Kier alpha value is -3.78. The Labute approximate surface area is 236 Å². The first-order chi connectivity index (χ1) is 19.3. The zero-order valence-corrected chi connectivity index (χ0v) is 23.3. The molecule has 0 spiro atoms. The molecule has 8 heteroatoms. The lowest BCUT2D eigenvalue weighted by molar-refractivity contribution is -0.150. The normalized spacial score (nSPS) is 13.0. The molecule has 7 nitrogen and oxygen atoms in total.